The van der Waals surface area contributed by atoms with Crippen molar-refractivity contribution in [1.29, 1.82) is 0 Å². The summed E-state index contributed by atoms with van der Waals surface area (Å²) in [7, 11) is 1.62. The zero-order valence-corrected chi connectivity index (χ0v) is 16.0. The van der Waals surface area contributed by atoms with Gasteiger partial charge in [0.15, 0.2) is 0 Å². The van der Waals surface area contributed by atoms with Crippen molar-refractivity contribution in [2.45, 2.75) is 0 Å². The maximum atomic E-state index is 13.1. The number of amides is 1. The van der Waals surface area contributed by atoms with E-state index in [2.05, 4.69) is 15.3 Å². The number of pyridine rings is 1. The Balaban J connectivity index is 1.80. The summed E-state index contributed by atoms with van der Waals surface area (Å²) in [6.45, 7) is 0. The van der Waals surface area contributed by atoms with Crippen molar-refractivity contribution >= 4 is 34.1 Å². The Labute approximate surface area is 170 Å². The Kier molecular flexibility index (Phi) is 4.74. The van der Waals surface area contributed by atoms with Gasteiger partial charge in [0, 0.05) is 30.6 Å². The molecule has 0 bridgehead atoms. The van der Waals surface area contributed by atoms with Gasteiger partial charge in [-0.15, -0.1) is 0 Å². The van der Waals surface area contributed by atoms with Crippen molar-refractivity contribution in [3.05, 3.63) is 81.9 Å². The number of phenols is 1. The topological polar surface area (TPSA) is 97.1 Å². The third-order valence-electron chi connectivity index (χ3n) is 4.48. The SMILES string of the molecule is Cn1c(-c2cccnc2)nc2cccc(NC(=O)c3ccc(O)c(Cl)c3)c2c1=O. The molecule has 2 heterocycles. The van der Waals surface area contributed by atoms with Crippen molar-refractivity contribution in [2.24, 2.45) is 7.05 Å². The standard InChI is InChI=1S/C21H15ClN4O3/c1-26-19(13-4-3-9-23-11-13)24-15-5-2-6-16(18(15)21(26)29)25-20(28)12-7-8-17(27)14(22)10-12/h2-11,27H,1H3,(H,25,28). The van der Waals surface area contributed by atoms with E-state index in [1.807, 2.05) is 6.07 Å². The second-order valence-corrected chi connectivity index (χ2v) is 6.77. The molecule has 0 spiro atoms. The van der Waals surface area contributed by atoms with Crippen LogP contribution in [0.4, 0.5) is 5.69 Å². The van der Waals surface area contributed by atoms with E-state index in [0.29, 0.717) is 28.0 Å². The number of hydrogen-bond donors (Lipinski definition) is 2. The monoisotopic (exact) mass is 406 g/mol. The maximum Gasteiger partial charge on any atom is 0.263 e. The normalized spacial score (nSPS) is 10.8. The third-order valence-corrected chi connectivity index (χ3v) is 4.79. The van der Waals surface area contributed by atoms with Crippen molar-refractivity contribution in [3.63, 3.8) is 0 Å². The highest BCUT2D eigenvalue weighted by Crippen LogP contribution is 2.26. The van der Waals surface area contributed by atoms with Gasteiger partial charge in [-0.2, -0.15) is 0 Å². The minimum Gasteiger partial charge on any atom is -0.506 e. The van der Waals surface area contributed by atoms with Crippen LogP contribution in [0.1, 0.15) is 10.4 Å². The van der Waals surface area contributed by atoms with E-state index in [4.69, 9.17) is 11.6 Å². The van der Waals surface area contributed by atoms with Gasteiger partial charge in [-0.25, -0.2) is 4.98 Å². The molecule has 0 radical (unpaired) electrons. The fraction of sp³-hybridized carbons (Fsp3) is 0.0476. The molecule has 7 nitrogen and oxygen atoms in total. The average molecular weight is 407 g/mol. The van der Waals surface area contributed by atoms with Gasteiger partial charge in [0.05, 0.1) is 21.6 Å². The van der Waals surface area contributed by atoms with Crippen LogP contribution in [0.2, 0.25) is 5.02 Å². The van der Waals surface area contributed by atoms with E-state index in [9.17, 15) is 14.7 Å². The molecule has 4 aromatic rings. The summed E-state index contributed by atoms with van der Waals surface area (Å²) in [6, 6.07) is 12.8. The van der Waals surface area contributed by atoms with Crippen LogP contribution in [0.3, 0.4) is 0 Å². The zero-order chi connectivity index (χ0) is 20.5. The summed E-state index contributed by atoms with van der Waals surface area (Å²) in [5.74, 6) is -0.100. The Morgan fingerprint density at radius 2 is 2.00 bits per heavy atom. The fourth-order valence-electron chi connectivity index (χ4n) is 3.01. The molecule has 2 aromatic heterocycles. The van der Waals surface area contributed by atoms with Crippen LogP contribution in [0.15, 0.2) is 65.7 Å². The maximum absolute atomic E-state index is 13.1. The number of rotatable bonds is 3. The molecular formula is C21H15ClN4O3. The Morgan fingerprint density at radius 3 is 2.72 bits per heavy atom. The highest BCUT2D eigenvalue weighted by Gasteiger charge is 2.16. The fourth-order valence-corrected chi connectivity index (χ4v) is 3.19. The largest absolute Gasteiger partial charge is 0.506 e. The molecule has 2 aromatic carbocycles. The van der Waals surface area contributed by atoms with Crippen LogP contribution in [-0.2, 0) is 7.05 Å². The van der Waals surface area contributed by atoms with E-state index in [1.165, 1.54) is 22.8 Å². The van der Waals surface area contributed by atoms with Crippen LogP contribution >= 0.6 is 11.6 Å². The van der Waals surface area contributed by atoms with E-state index >= 15 is 0 Å². The number of aromatic hydroxyl groups is 1. The number of carbonyl (C=O) groups excluding carboxylic acids is 1. The third kappa shape index (κ3) is 3.43. The van der Waals surface area contributed by atoms with Gasteiger partial charge >= 0.3 is 0 Å². The van der Waals surface area contributed by atoms with Crippen LogP contribution in [0, 0.1) is 0 Å². The molecule has 0 aliphatic rings. The second-order valence-electron chi connectivity index (χ2n) is 6.36. The summed E-state index contributed by atoms with van der Waals surface area (Å²) in [4.78, 5) is 34.3. The van der Waals surface area contributed by atoms with Gasteiger partial charge in [-0.05, 0) is 42.5 Å². The van der Waals surface area contributed by atoms with Gasteiger partial charge < -0.3 is 10.4 Å². The number of fused-ring (bicyclic) bond motifs is 1. The van der Waals surface area contributed by atoms with Crippen molar-refractivity contribution in [3.8, 4) is 17.1 Å². The van der Waals surface area contributed by atoms with Crippen LogP contribution in [0.5, 0.6) is 5.75 Å². The Morgan fingerprint density at radius 1 is 1.17 bits per heavy atom. The number of nitrogens with one attached hydrogen (secondary N) is 1. The molecule has 8 heteroatoms. The molecule has 2 N–H and O–H groups in total. The molecule has 0 saturated carbocycles. The van der Waals surface area contributed by atoms with Gasteiger partial charge in [0.2, 0.25) is 0 Å². The lowest BCUT2D eigenvalue weighted by Gasteiger charge is -2.12. The first-order valence-corrected chi connectivity index (χ1v) is 9.03. The first-order valence-electron chi connectivity index (χ1n) is 8.65. The predicted octanol–water partition coefficient (Wildman–Crippen LogP) is 3.61. The van der Waals surface area contributed by atoms with Crippen LogP contribution in [0.25, 0.3) is 22.3 Å². The summed E-state index contributed by atoms with van der Waals surface area (Å²) < 4.78 is 1.42. The number of hydrogen-bond acceptors (Lipinski definition) is 5. The summed E-state index contributed by atoms with van der Waals surface area (Å²) in [5, 5.41) is 12.6. The van der Waals surface area contributed by atoms with Gasteiger partial charge in [0.1, 0.15) is 11.6 Å². The minimum atomic E-state index is -0.460. The van der Waals surface area contributed by atoms with Gasteiger partial charge in [0.25, 0.3) is 11.5 Å². The average Bonchev–Trinajstić information content (AvgIpc) is 2.73. The van der Waals surface area contributed by atoms with Crippen molar-refractivity contribution < 1.29 is 9.90 Å². The van der Waals surface area contributed by atoms with Crippen LogP contribution < -0.4 is 10.9 Å². The zero-order valence-electron chi connectivity index (χ0n) is 15.3. The molecule has 144 valence electrons. The van der Waals surface area contributed by atoms with Crippen LogP contribution in [-0.4, -0.2) is 25.5 Å². The number of carbonyl (C=O) groups is 1. The Hall–Kier alpha value is -3.71. The van der Waals surface area contributed by atoms with Crippen molar-refractivity contribution in [2.75, 3.05) is 5.32 Å². The number of aromatic nitrogens is 3. The lowest BCUT2D eigenvalue weighted by atomic mass is 10.1. The first-order chi connectivity index (χ1) is 14.0. The summed E-state index contributed by atoms with van der Waals surface area (Å²) in [5.41, 5.74) is 1.45. The first kappa shape index (κ1) is 18.6. The minimum absolute atomic E-state index is 0.0641. The summed E-state index contributed by atoms with van der Waals surface area (Å²) >= 11 is 5.88. The number of anilines is 1. The van der Waals surface area contributed by atoms with Crippen molar-refractivity contribution in [1.82, 2.24) is 14.5 Å². The molecular weight excluding hydrogens is 392 g/mol. The lowest BCUT2D eigenvalue weighted by molar-refractivity contribution is 0.102. The summed E-state index contributed by atoms with van der Waals surface area (Å²) in [6.07, 6.45) is 3.28. The Bertz CT molecular complexity index is 1300. The van der Waals surface area contributed by atoms with Gasteiger partial charge in [-0.1, -0.05) is 17.7 Å². The lowest BCUT2D eigenvalue weighted by Crippen LogP contribution is -2.22. The van der Waals surface area contributed by atoms with E-state index in [0.717, 1.165) is 0 Å². The van der Waals surface area contributed by atoms with E-state index < -0.39 is 5.91 Å². The van der Waals surface area contributed by atoms with E-state index in [1.54, 1.807) is 43.7 Å². The van der Waals surface area contributed by atoms with Gasteiger partial charge in [-0.3, -0.25) is 19.1 Å². The number of halogens is 1. The quantitative estimate of drug-likeness (QED) is 0.541. The molecule has 29 heavy (non-hydrogen) atoms. The molecule has 1 amide bonds. The number of benzene rings is 2. The van der Waals surface area contributed by atoms with E-state index in [-0.39, 0.29) is 21.9 Å². The molecule has 0 aliphatic carbocycles. The molecule has 0 atom stereocenters. The molecule has 0 saturated heterocycles. The predicted molar refractivity (Wildman–Crippen MR) is 111 cm³/mol. The molecule has 0 fully saturated rings. The number of nitrogens with zero attached hydrogens (tertiary/aromatic N) is 3. The second kappa shape index (κ2) is 7.37. The smallest absolute Gasteiger partial charge is 0.263 e. The molecule has 0 unspecified atom stereocenters. The highest BCUT2D eigenvalue weighted by atomic mass is 35.5. The molecule has 4 rings (SSSR count). The highest BCUT2D eigenvalue weighted by molar-refractivity contribution is 6.32. The number of phenolic OH excluding ortho intramolecular Hbond substituents is 1. The molecule has 0 aliphatic heterocycles.